The lowest BCUT2D eigenvalue weighted by atomic mass is 10.1. The van der Waals surface area contributed by atoms with E-state index in [1.807, 2.05) is 0 Å². The number of imide groups is 1. The molecule has 1 aliphatic heterocycles. The Kier molecular flexibility index (Phi) is 5.89. The van der Waals surface area contributed by atoms with Crippen molar-refractivity contribution in [1.82, 2.24) is 15.5 Å². The predicted molar refractivity (Wildman–Crippen MR) is 88.5 cm³/mol. The lowest BCUT2D eigenvalue weighted by molar-refractivity contribution is -0.128. The molecule has 1 aliphatic rings. The van der Waals surface area contributed by atoms with Gasteiger partial charge in [0.2, 0.25) is 5.91 Å². The molecule has 0 radical (unpaired) electrons. The topological polar surface area (TPSA) is 105 Å². The first-order valence-electron chi connectivity index (χ1n) is 7.69. The molecule has 2 N–H and O–H groups in total. The van der Waals surface area contributed by atoms with Crippen LogP contribution in [-0.4, -0.2) is 47.9 Å². The van der Waals surface area contributed by atoms with Crippen LogP contribution in [0.15, 0.2) is 36.9 Å². The maximum Gasteiger partial charge on any atom is 0.339 e. The molecule has 0 spiro atoms. The van der Waals surface area contributed by atoms with E-state index in [-0.39, 0.29) is 31.1 Å². The van der Waals surface area contributed by atoms with Gasteiger partial charge in [-0.25, -0.2) is 9.59 Å². The molecule has 25 heavy (non-hydrogen) atoms. The molecule has 1 aromatic carbocycles. The molecule has 2 rings (SSSR count). The van der Waals surface area contributed by atoms with Crippen LogP contribution in [0.4, 0.5) is 4.79 Å². The molecule has 1 aromatic rings. The summed E-state index contributed by atoms with van der Waals surface area (Å²) in [6, 6.07) is 5.95. The van der Waals surface area contributed by atoms with Crippen molar-refractivity contribution in [2.45, 2.75) is 19.6 Å². The van der Waals surface area contributed by atoms with Crippen molar-refractivity contribution in [1.29, 1.82) is 0 Å². The van der Waals surface area contributed by atoms with Gasteiger partial charge in [0.1, 0.15) is 0 Å². The molecule has 1 fully saturated rings. The first-order valence-corrected chi connectivity index (χ1v) is 7.69. The summed E-state index contributed by atoms with van der Waals surface area (Å²) in [5.41, 5.74) is 0.648. The summed E-state index contributed by atoms with van der Waals surface area (Å²) in [7, 11) is 0. The van der Waals surface area contributed by atoms with Gasteiger partial charge in [0.25, 0.3) is 5.91 Å². The first kappa shape index (κ1) is 18.2. The minimum absolute atomic E-state index is 0.0486. The Morgan fingerprint density at radius 2 is 2.12 bits per heavy atom. The highest BCUT2D eigenvalue weighted by Gasteiger charge is 2.30. The summed E-state index contributed by atoms with van der Waals surface area (Å²) >= 11 is 0. The standard InChI is InChI=1S/C17H19N3O5/c1-3-8-18-15(22)11(2)25-16(23)13-7-5-4-6-12(13)10-20-14(21)9-19-17(20)24/h3-7,11H,1,8-10H2,2H3,(H,18,22)(H,19,24). The number of hydrogen-bond acceptors (Lipinski definition) is 5. The fourth-order valence-corrected chi connectivity index (χ4v) is 2.24. The second-order valence-electron chi connectivity index (χ2n) is 5.38. The van der Waals surface area contributed by atoms with Gasteiger partial charge in [-0.3, -0.25) is 14.5 Å². The van der Waals surface area contributed by atoms with Crippen molar-refractivity contribution < 1.29 is 23.9 Å². The Labute approximate surface area is 144 Å². The minimum atomic E-state index is -0.989. The lowest BCUT2D eigenvalue weighted by Gasteiger charge is -2.17. The molecular formula is C17H19N3O5. The number of carbonyl (C=O) groups excluding carboxylic acids is 4. The highest BCUT2D eigenvalue weighted by Crippen LogP contribution is 2.15. The summed E-state index contributed by atoms with van der Waals surface area (Å²) in [6.45, 7) is 5.10. The van der Waals surface area contributed by atoms with Crippen LogP contribution < -0.4 is 10.6 Å². The number of esters is 1. The average Bonchev–Trinajstić information content (AvgIpc) is 2.91. The molecule has 4 amide bonds. The second-order valence-corrected chi connectivity index (χ2v) is 5.38. The van der Waals surface area contributed by atoms with Crippen LogP contribution in [0, 0.1) is 0 Å². The molecular weight excluding hydrogens is 326 g/mol. The van der Waals surface area contributed by atoms with Gasteiger partial charge in [-0.2, -0.15) is 0 Å². The fraction of sp³-hybridized carbons (Fsp3) is 0.294. The van der Waals surface area contributed by atoms with Crippen LogP contribution in [0.2, 0.25) is 0 Å². The molecule has 8 heteroatoms. The van der Waals surface area contributed by atoms with E-state index in [2.05, 4.69) is 17.2 Å². The van der Waals surface area contributed by atoms with Gasteiger partial charge in [0.15, 0.2) is 6.10 Å². The van der Waals surface area contributed by atoms with E-state index in [9.17, 15) is 19.2 Å². The lowest BCUT2D eigenvalue weighted by Crippen LogP contribution is -2.36. The second kappa shape index (κ2) is 8.09. The summed E-state index contributed by atoms with van der Waals surface area (Å²) < 4.78 is 5.16. The van der Waals surface area contributed by atoms with E-state index >= 15 is 0 Å². The Morgan fingerprint density at radius 1 is 1.40 bits per heavy atom. The van der Waals surface area contributed by atoms with Gasteiger partial charge >= 0.3 is 12.0 Å². The zero-order valence-corrected chi connectivity index (χ0v) is 13.8. The fourth-order valence-electron chi connectivity index (χ4n) is 2.24. The number of amides is 4. The van der Waals surface area contributed by atoms with E-state index in [1.54, 1.807) is 18.2 Å². The highest BCUT2D eigenvalue weighted by atomic mass is 16.5. The molecule has 0 saturated carbocycles. The van der Waals surface area contributed by atoms with E-state index in [4.69, 9.17) is 4.74 Å². The smallest absolute Gasteiger partial charge is 0.339 e. The number of benzene rings is 1. The van der Waals surface area contributed by atoms with Crippen LogP contribution in [0.25, 0.3) is 0 Å². The minimum Gasteiger partial charge on any atom is -0.449 e. The molecule has 8 nitrogen and oxygen atoms in total. The Bertz CT molecular complexity index is 700. The summed E-state index contributed by atoms with van der Waals surface area (Å²) in [6.07, 6.45) is 0.525. The van der Waals surface area contributed by atoms with E-state index in [1.165, 1.54) is 19.1 Å². The third-order valence-corrected chi connectivity index (χ3v) is 3.58. The monoisotopic (exact) mass is 345 g/mol. The number of ether oxygens (including phenoxy) is 1. The van der Waals surface area contributed by atoms with Crippen LogP contribution in [-0.2, 0) is 20.9 Å². The SMILES string of the molecule is C=CCNC(=O)C(C)OC(=O)c1ccccc1CN1C(=O)CNC1=O. The van der Waals surface area contributed by atoms with Crippen molar-refractivity contribution in [3.05, 3.63) is 48.0 Å². The van der Waals surface area contributed by atoms with Crippen LogP contribution in [0.3, 0.4) is 0 Å². The number of nitrogens with zero attached hydrogens (tertiary/aromatic N) is 1. The van der Waals surface area contributed by atoms with Gasteiger partial charge in [-0.15, -0.1) is 6.58 Å². The molecule has 1 heterocycles. The van der Waals surface area contributed by atoms with Gasteiger partial charge in [-0.1, -0.05) is 24.3 Å². The van der Waals surface area contributed by atoms with E-state index < -0.39 is 24.0 Å². The molecule has 1 unspecified atom stereocenters. The van der Waals surface area contributed by atoms with Gasteiger partial charge in [0.05, 0.1) is 18.7 Å². The number of urea groups is 1. The van der Waals surface area contributed by atoms with Crippen LogP contribution in [0.5, 0.6) is 0 Å². The van der Waals surface area contributed by atoms with E-state index in [0.717, 1.165) is 4.90 Å². The van der Waals surface area contributed by atoms with Crippen LogP contribution in [0.1, 0.15) is 22.8 Å². The third-order valence-electron chi connectivity index (χ3n) is 3.58. The Morgan fingerprint density at radius 3 is 2.76 bits per heavy atom. The summed E-state index contributed by atoms with van der Waals surface area (Å²) in [5.74, 6) is -1.52. The van der Waals surface area contributed by atoms with Crippen molar-refractivity contribution in [3.63, 3.8) is 0 Å². The zero-order valence-electron chi connectivity index (χ0n) is 13.8. The average molecular weight is 345 g/mol. The molecule has 1 atom stereocenters. The summed E-state index contributed by atoms with van der Waals surface area (Å²) in [4.78, 5) is 48.5. The molecule has 0 aliphatic carbocycles. The Balaban J connectivity index is 2.10. The van der Waals surface area contributed by atoms with E-state index in [0.29, 0.717) is 5.56 Å². The molecule has 0 aromatic heterocycles. The highest BCUT2D eigenvalue weighted by molar-refractivity contribution is 6.02. The predicted octanol–water partition coefficient (Wildman–Crippen LogP) is 0.586. The molecule has 132 valence electrons. The van der Waals surface area contributed by atoms with Crippen molar-refractivity contribution >= 4 is 23.8 Å². The zero-order chi connectivity index (χ0) is 18.4. The number of carbonyl (C=O) groups is 4. The van der Waals surface area contributed by atoms with Gasteiger partial charge in [0, 0.05) is 6.54 Å². The van der Waals surface area contributed by atoms with Crippen molar-refractivity contribution in [3.8, 4) is 0 Å². The maximum absolute atomic E-state index is 12.4. The largest absolute Gasteiger partial charge is 0.449 e. The number of rotatable bonds is 7. The van der Waals surface area contributed by atoms with Crippen molar-refractivity contribution in [2.75, 3.05) is 13.1 Å². The maximum atomic E-state index is 12.4. The molecule has 1 saturated heterocycles. The molecule has 0 bridgehead atoms. The number of nitrogens with one attached hydrogen (secondary N) is 2. The van der Waals surface area contributed by atoms with Gasteiger partial charge in [-0.05, 0) is 18.6 Å². The third kappa shape index (κ3) is 4.43. The number of hydrogen-bond donors (Lipinski definition) is 2. The van der Waals surface area contributed by atoms with Gasteiger partial charge < -0.3 is 15.4 Å². The normalized spacial score (nSPS) is 14.7. The van der Waals surface area contributed by atoms with Crippen molar-refractivity contribution in [2.24, 2.45) is 0 Å². The summed E-state index contributed by atoms with van der Waals surface area (Å²) in [5, 5.41) is 4.95. The quantitative estimate of drug-likeness (QED) is 0.427. The van der Waals surface area contributed by atoms with Crippen LogP contribution >= 0.6 is 0 Å². The first-order chi connectivity index (χ1) is 11.9. The Hall–Kier alpha value is -3.16.